The van der Waals surface area contributed by atoms with E-state index in [1.165, 1.54) is 212 Å². The first-order valence-corrected chi connectivity index (χ1v) is 28.1. The molecule has 1 rings (SSSR count). The van der Waals surface area contributed by atoms with Crippen LogP contribution in [0.4, 0.5) is 0 Å². The van der Waals surface area contributed by atoms with Crippen LogP contribution < -0.4 is 5.32 Å². The molecule has 384 valence electrons. The van der Waals surface area contributed by atoms with Crippen molar-refractivity contribution >= 4 is 5.91 Å². The number of unbranched alkanes of at least 4 members (excludes halogenated alkanes) is 36. The quantitative estimate of drug-likeness (QED) is 0.0261. The smallest absolute Gasteiger partial charge is 0.220 e. The zero-order chi connectivity index (χ0) is 47.3. The van der Waals surface area contributed by atoms with Gasteiger partial charge in [-0.2, -0.15) is 0 Å². The van der Waals surface area contributed by atoms with Crippen LogP contribution in [0.2, 0.25) is 0 Å². The molecule has 1 fully saturated rings. The SMILES string of the molecule is CCCCCCCCCCCCCCCCCCCCCCCCCC/C=C/CC/C=C/C(O)C(COC1OC(CO)C(O)C(O)C1O)NC(=O)CCCCCCCCCCCCCC. The van der Waals surface area contributed by atoms with E-state index in [0.717, 1.165) is 38.5 Å². The van der Waals surface area contributed by atoms with E-state index in [9.17, 15) is 30.3 Å². The van der Waals surface area contributed by atoms with Crippen molar-refractivity contribution in [3.05, 3.63) is 24.3 Å². The maximum Gasteiger partial charge on any atom is 0.220 e. The number of nitrogens with one attached hydrogen (secondary N) is 1. The van der Waals surface area contributed by atoms with E-state index in [0.29, 0.717) is 6.42 Å². The second-order valence-electron chi connectivity index (χ2n) is 19.7. The van der Waals surface area contributed by atoms with Gasteiger partial charge in [0.25, 0.3) is 0 Å². The van der Waals surface area contributed by atoms with Gasteiger partial charge < -0.3 is 40.3 Å². The molecule has 0 aromatic carbocycles. The molecule has 9 heteroatoms. The van der Waals surface area contributed by atoms with E-state index in [2.05, 4.69) is 31.3 Å². The maximum absolute atomic E-state index is 13.0. The number of hydrogen-bond acceptors (Lipinski definition) is 8. The van der Waals surface area contributed by atoms with Crippen LogP contribution in [-0.4, -0.2) is 87.5 Å². The molecule has 0 spiro atoms. The van der Waals surface area contributed by atoms with Crippen molar-refractivity contribution in [3.63, 3.8) is 0 Å². The molecule has 6 N–H and O–H groups in total. The van der Waals surface area contributed by atoms with Gasteiger partial charge in [0, 0.05) is 6.42 Å². The van der Waals surface area contributed by atoms with Gasteiger partial charge >= 0.3 is 0 Å². The first kappa shape index (κ1) is 61.7. The van der Waals surface area contributed by atoms with Crippen LogP contribution in [0.5, 0.6) is 0 Å². The summed E-state index contributed by atoms with van der Waals surface area (Å²) in [6, 6.07) is -0.817. The predicted octanol–water partition coefficient (Wildman–Crippen LogP) is 13.4. The fourth-order valence-corrected chi connectivity index (χ4v) is 9.06. The van der Waals surface area contributed by atoms with Crippen LogP contribution in [0, 0.1) is 0 Å². The minimum atomic E-state index is -1.57. The lowest BCUT2D eigenvalue weighted by Gasteiger charge is -2.40. The Balaban J connectivity index is 2.18. The van der Waals surface area contributed by atoms with Gasteiger partial charge in [0.2, 0.25) is 5.91 Å². The first-order chi connectivity index (χ1) is 31.8. The molecule has 1 aliphatic heterocycles. The summed E-state index contributed by atoms with van der Waals surface area (Å²) >= 11 is 0. The fourth-order valence-electron chi connectivity index (χ4n) is 9.06. The van der Waals surface area contributed by atoms with Gasteiger partial charge in [-0.1, -0.05) is 256 Å². The van der Waals surface area contributed by atoms with Crippen LogP contribution in [0.25, 0.3) is 0 Å². The average molecular weight is 922 g/mol. The maximum atomic E-state index is 13.0. The number of carbonyl (C=O) groups excluding carboxylic acids is 1. The zero-order valence-corrected chi connectivity index (χ0v) is 42.5. The van der Waals surface area contributed by atoms with Crippen molar-refractivity contribution in [2.45, 2.75) is 314 Å². The number of carbonyl (C=O) groups is 1. The highest BCUT2D eigenvalue weighted by Gasteiger charge is 2.44. The Morgan fingerprint density at radius 3 is 1.29 bits per heavy atom. The molecule has 0 bridgehead atoms. The minimum Gasteiger partial charge on any atom is -0.394 e. The Kier molecular flexibility index (Phi) is 44.0. The van der Waals surface area contributed by atoms with Crippen molar-refractivity contribution < 1.29 is 39.8 Å². The third kappa shape index (κ3) is 36.3. The first-order valence-electron chi connectivity index (χ1n) is 28.1. The van der Waals surface area contributed by atoms with E-state index >= 15 is 0 Å². The van der Waals surface area contributed by atoms with Crippen LogP contribution in [0.15, 0.2) is 24.3 Å². The van der Waals surface area contributed by atoms with Crippen molar-refractivity contribution in [1.82, 2.24) is 5.32 Å². The summed E-state index contributed by atoms with van der Waals surface area (Å²) in [6.45, 7) is 3.78. The summed E-state index contributed by atoms with van der Waals surface area (Å²) < 4.78 is 11.2. The lowest BCUT2D eigenvalue weighted by molar-refractivity contribution is -0.302. The third-order valence-electron chi connectivity index (χ3n) is 13.5. The predicted molar refractivity (Wildman–Crippen MR) is 272 cm³/mol. The minimum absolute atomic E-state index is 0.185. The van der Waals surface area contributed by atoms with Crippen LogP contribution in [0.3, 0.4) is 0 Å². The molecule has 7 unspecified atom stereocenters. The largest absolute Gasteiger partial charge is 0.394 e. The Morgan fingerprint density at radius 1 is 0.508 bits per heavy atom. The van der Waals surface area contributed by atoms with Gasteiger partial charge in [0.15, 0.2) is 6.29 Å². The molecule has 9 nitrogen and oxygen atoms in total. The fraction of sp³-hybridized carbons (Fsp3) is 0.911. The molecule has 0 aliphatic carbocycles. The number of hydrogen-bond donors (Lipinski definition) is 6. The topological polar surface area (TPSA) is 149 Å². The van der Waals surface area contributed by atoms with Crippen LogP contribution in [-0.2, 0) is 14.3 Å². The van der Waals surface area contributed by atoms with Crippen LogP contribution in [0.1, 0.15) is 271 Å². The van der Waals surface area contributed by atoms with Gasteiger partial charge in [0.05, 0.1) is 25.4 Å². The molecule has 0 radical (unpaired) electrons. The molecule has 0 saturated carbocycles. The van der Waals surface area contributed by atoms with E-state index in [-0.39, 0.29) is 12.5 Å². The number of ether oxygens (including phenoxy) is 2. The molecule has 0 aromatic heterocycles. The molecule has 1 amide bonds. The summed E-state index contributed by atoms with van der Waals surface area (Å²) in [5.74, 6) is -0.185. The molecular formula is C56H107NO8. The van der Waals surface area contributed by atoms with E-state index in [1.54, 1.807) is 6.08 Å². The average Bonchev–Trinajstić information content (AvgIpc) is 3.31. The van der Waals surface area contributed by atoms with Crippen molar-refractivity contribution in [2.75, 3.05) is 13.2 Å². The van der Waals surface area contributed by atoms with Gasteiger partial charge in [-0.25, -0.2) is 0 Å². The standard InChI is InChI=1S/C56H107NO8/c1-3-5-7-9-11-13-15-17-18-19-20-21-22-23-24-25-26-27-28-29-30-31-32-33-34-35-37-39-41-43-45-50(59)49(48-64-56-55(63)54(62)53(61)51(47-58)65-56)57-52(60)46-44-42-40-38-36-16-14-12-10-8-6-4-2/h35,37,43,45,49-51,53-56,58-59,61-63H,3-34,36,38-42,44,46-48H2,1-2H3,(H,57,60)/b37-35+,45-43+. The highest BCUT2D eigenvalue weighted by molar-refractivity contribution is 5.76. The lowest BCUT2D eigenvalue weighted by atomic mass is 9.99. The van der Waals surface area contributed by atoms with E-state index < -0.39 is 49.5 Å². The summed E-state index contributed by atoms with van der Waals surface area (Å²) in [4.78, 5) is 13.0. The van der Waals surface area contributed by atoms with Gasteiger partial charge in [0.1, 0.15) is 24.4 Å². The van der Waals surface area contributed by atoms with Gasteiger partial charge in [-0.3, -0.25) is 4.79 Å². The highest BCUT2D eigenvalue weighted by Crippen LogP contribution is 2.23. The summed E-state index contributed by atoms with van der Waals surface area (Å²) in [7, 11) is 0. The lowest BCUT2D eigenvalue weighted by Crippen LogP contribution is -2.60. The molecular weight excluding hydrogens is 815 g/mol. The molecule has 1 saturated heterocycles. The van der Waals surface area contributed by atoms with E-state index in [4.69, 9.17) is 9.47 Å². The van der Waals surface area contributed by atoms with Crippen molar-refractivity contribution in [2.24, 2.45) is 0 Å². The normalized spacial score (nSPS) is 20.0. The monoisotopic (exact) mass is 922 g/mol. The summed E-state index contributed by atoms with van der Waals surface area (Å²) in [5, 5.41) is 54.3. The van der Waals surface area contributed by atoms with Crippen molar-refractivity contribution in [1.29, 1.82) is 0 Å². The highest BCUT2D eigenvalue weighted by atomic mass is 16.7. The molecule has 1 aliphatic rings. The number of allylic oxidation sites excluding steroid dienone is 3. The number of amides is 1. The molecule has 7 atom stereocenters. The summed E-state index contributed by atoms with van der Waals surface area (Å²) in [5.41, 5.74) is 0. The molecule has 65 heavy (non-hydrogen) atoms. The Bertz CT molecular complexity index is 1070. The second kappa shape index (κ2) is 46.4. The Labute approximate surface area is 400 Å². The Morgan fingerprint density at radius 2 is 0.877 bits per heavy atom. The molecule has 1 heterocycles. The zero-order valence-electron chi connectivity index (χ0n) is 42.5. The summed E-state index contributed by atoms with van der Waals surface area (Å²) in [6.07, 6.45) is 51.2. The number of aliphatic hydroxyl groups is 5. The van der Waals surface area contributed by atoms with Crippen molar-refractivity contribution in [3.8, 4) is 0 Å². The van der Waals surface area contributed by atoms with E-state index in [1.807, 2.05) is 6.08 Å². The number of rotatable bonds is 48. The van der Waals surface area contributed by atoms with Crippen LogP contribution >= 0.6 is 0 Å². The number of aliphatic hydroxyl groups excluding tert-OH is 5. The molecule has 0 aromatic rings. The second-order valence-corrected chi connectivity index (χ2v) is 19.7. The van der Waals surface area contributed by atoms with Gasteiger partial charge in [-0.05, 0) is 32.1 Å². The Hall–Kier alpha value is -1.33. The third-order valence-corrected chi connectivity index (χ3v) is 13.5. The van der Waals surface area contributed by atoms with Gasteiger partial charge in [-0.15, -0.1) is 0 Å².